The van der Waals surface area contributed by atoms with Gasteiger partial charge in [0, 0.05) is 17.6 Å². The van der Waals surface area contributed by atoms with Crippen LogP contribution in [0.5, 0.6) is 0 Å². The standard InChI is InChI=1S/C19H29N3O3/c1-7-22(12-16(23)21-19(4,5)6)17(24)11-20-18(25)15-9-8-13(2)14(3)10-15/h8-10H,7,11-12H2,1-6H3,(H,20,25)(H,21,23). The Morgan fingerprint density at radius 2 is 1.72 bits per heavy atom. The van der Waals surface area contributed by atoms with Crippen LogP contribution in [-0.4, -0.2) is 47.8 Å². The lowest BCUT2D eigenvalue weighted by Gasteiger charge is -2.25. The third-order valence-corrected chi connectivity index (χ3v) is 3.75. The van der Waals surface area contributed by atoms with Gasteiger partial charge in [0.15, 0.2) is 0 Å². The number of likely N-dealkylation sites (N-methyl/N-ethyl adjacent to an activating group) is 1. The maximum absolute atomic E-state index is 12.3. The first-order chi connectivity index (χ1) is 11.5. The van der Waals surface area contributed by atoms with E-state index < -0.39 is 0 Å². The topological polar surface area (TPSA) is 78.5 Å². The predicted octanol–water partition coefficient (Wildman–Crippen LogP) is 1.80. The van der Waals surface area contributed by atoms with Crippen LogP contribution >= 0.6 is 0 Å². The summed E-state index contributed by atoms with van der Waals surface area (Å²) in [5.41, 5.74) is 2.30. The Labute approximate surface area is 150 Å². The molecule has 138 valence electrons. The quantitative estimate of drug-likeness (QED) is 0.823. The van der Waals surface area contributed by atoms with Crippen LogP contribution in [-0.2, 0) is 9.59 Å². The SMILES string of the molecule is CCN(CC(=O)NC(C)(C)C)C(=O)CNC(=O)c1ccc(C)c(C)c1. The molecule has 0 atom stereocenters. The molecule has 0 aliphatic rings. The number of aryl methyl sites for hydroxylation is 2. The molecule has 0 unspecified atom stereocenters. The van der Waals surface area contributed by atoms with Gasteiger partial charge in [0.05, 0.1) is 13.1 Å². The first-order valence-corrected chi connectivity index (χ1v) is 8.47. The van der Waals surface area contributed by atoms with Crippen molar-refractivity contribution in [3.05, 3.63) is 34.9 Å². The van der Waals surface area contributed by atoms with E-state index in [0.29, 0.717) is 12.1 Å². The Bertz CT molecular complexity index is 648. The summed E-state index contributed by atoms with van der Waals surface area (Å²) in [5.74, 6) is -0.807. The highest BCUT2D eigenvalue weighted by molar-refractivity contribution is 5.97. The lowest BCUT2D eigenvalue weighted by atomic mass is 10.1. The molecule has 0 saturated heterocycles. The van der Waals surface area contributed by atoms with E-state index in [-0.39, 0.29) is 36.3 Å². The smallest absolute Gasteiger partial charge is 0.251 e. The first-order valence-electron chi connectivity index (χ1n) is 8.47. The molecule has 1 aromatic rings. The summed E-state index contributed by atoms with van der Waals surface area (Å²) in [6.07, 6.45) is 0. The molecule has 0 heterocycles. The van der Waals surface area contributed by atoms with Crippen molar-refractivity contribution in [3.8, 4) is 0 Å². The maximum Gasteiger partial charge on any atom is 0.251 e. The van der Waals surface area contributed by atoms with Crippen molar-refractivity contribution in [3.63, 3.8) is 0 Å². The van der Waals surface area contributed by atoms with E-state index in [2.05, 4.69) is 10.6 Å². The van der Waals surface area contributed by atoms with Gasteiger partial charge in [-0.15, -0.1) is 0 Å². The number of carbonyl (C=O) groups is 3. The van der Waals surface area contributed by atoms with E-state index in [0.717, 1.165) is 11.1 Å². The zero-order valence-corrected chi connectivity index (χ0v) is 16.0. The number of hydrogen-bond donors (Lipinski definition) is 2. The number of nitrogens with one attached hydrogen (secondary N) is 2. The van der Waals surface area contributed by atoms with Gasteiger partial charge in [-0.25, -0.2) is 0 Å². The van der Waals surface area contributed by atoms with E-state index in [1.165, 1.54) is 4.90 Å². The van der Waals surface area contributed by atoms with Crippen molar-refractivity contribution in [2.24, 2.45) is 0 Å². The fourth-order valence-corrected chi connectivity index (χ4v) is 2.26. The maximum atomic E-state index is 12.3. The van der Waals surface area contributed by atoms with E-state index in [1.54, 1.807) is 19.1 Å². The van der Waals surface area contributed by atoms with Gasteiger partial charge < -0.3 is 15.5 Å². The highest BCUT2D eigenvalue weighted by atomic mass is 16.2. The molecule has 0 fully saturated rings. The molecule has 6 nitrogen and oxygen atoms in total. The minimum atomic E-state index is -0.350. The molecule has 0 aliphatic heterocycles. The van der Waals surface area contributed by atoms with Crippen LogP contribution < -0.4 is 10.6 Å². The molecule has 0 bridgehead atoms. The fourth-order valence-electron chi connectivity index (χ4n) is 2.26. The molecule has 0 saturated carbocycles. The van der Waals surface area contributed by atoms with Crippen molar-refractivity contribution in [1.82, 2.24) is 15.5 Å². The van der Waals surface area contributed by atoms with Crippen molar-refractivity contribution in [2.75, 3.05) is 19.6 Å². The number of rotatable bonds is 6. The largest absolute Gasteiger partial charge is 0.350 e. The van der Waals surface area contributed by atoms with Crippen LogP contribution in [0.25, 0.3) is 0 Å². The Kier molecular flexibility index (Phi) is 7.15. The minimum Gasteiger partial charge on any atom is -0.350 e. The van der Waals surface area contributed by atoms with E-state index in [1.807, 2.05) is 40.7 Å². The Hall–Kier alpha value is -2.37. The van der Waals surface area contributed by atoms with Gasteiger partial charge in [0.1, 0.15) is 0 Å². The zero-order valence-electron chi connectivity index (χ0n) is 16.0. The second-order valence-corrected chi connectivity index (χ2v) is 7.19. The van der Waals surface area contributed by atoms with Crippen LogP contribution in [0.4, 0.5) is 0 Å². The second-order valence-electron chi connectivity index (χ2n) is 7.19. The van der Waals surface area contributed by atoms with E-state index >= 15 is 0 Å². The van der Waals surface area contributed by atoms with Gasteiger partial charge >= 0.3 is 0 Å². The Balaban J connectivity index is 2.59. The zero-order chi connectivity index (χ0) is 19.2. The third kappa shape index (κ3) is 6.95. The number of amides is 3. The molecule has 0 spiro atoms. The summed E-state index contributed by atoms with van der Waals surface area (Å²) in [6, 6.07) is 5.40. The van der Waals surface area contributed by atoms with Gasteiger partial charge in [-0.2, -0.15) is 0 Å². The molecule has 1 rings (SSSR count). The molecule has 0 aliphatic carbocycles. The Morgan fingerprint density at radius 3 is 2.24 bits per heavy atom. The monoisotopic (exact) mass is 347 g/mol. The van der Waals surface area contributed by atoms with Crippen molar-refractivity contribution in [1.29, 1.82) is 0 Å². The summed E-state index contributed by atoms with van der Waals surface area (Å²) in [5, 5.41) is 5.44. The molecule has 3 amide bonds. The fraction of sp³-hybridized carbons (Fsp3) is 0.526. The number of benzene rings is 1. The molecule has 1 aromatic carbocycles. The van der Waals surface area contributed by atoms with Crippen LogP contribution in [0.3, 0.4) is 0 Å². The van der Waals surface area contributed by atoms with Crippen molar-refractivity contribution in [2.45, 2.75) is 47.1 Å². The van der Waals surface area contributed by atoms with E-state index in [4.69, 9.17) is 0 Å². The predicted molar refractivity (Wildman–Crippen MR) is 98.4 cm³/mol. The lowest BCUT2D eigenvalue weighted by Crippen LogP contribution is -2.49. The summed E-state index contributed by atoms with van der Waals surface area (Å²) >= 11 is 0. The third-order valence-electron chi connectivity index (χ3n) is 3.75. The molecule has 2 N–H and O–H groups in total. The van der Waals surface area contributed by atoms with Crippen LogP contribution in [0.1, 0.15) is 49.2 Å². The number of hydrogen-bond acceptors (Lipinski definition) is 3. The summed E-state index contributed by atoms with van der Waals surface area (Å²) in [7, 11) is 0. The summed E-state index contributed by atoms with van der Waals surface area (Å²) in [4.78, 5) is 37.8. The van der Waals surface area contributed by atoms with Gasteiger partial charge in [-0.3, -0.25) is 14.4 Å². The van der Waals surface area contributed by atoms with Crippen molar-refractivity contribution < 1.29 is 14.4 Å². The second kappa shape index (κ2) is 8.65. The van der Waals surface area contributed by atoms with Gasteiger partial charge in [-0.1, -0.05) is 6.07 Å². The molecule has 6 heteroatoms. The van der Waals surface area contributed by atoms with E-state index in [9.17, 15) is 14.4 Å². The average Bonchev–Trinajstić information content (AvgIpc) is 2.50. The van der Waals surface area contributed by atoms with Crippen LogP contribution in [0.15, 0.2) is 18.2 Å². The highest BCUT2D eigenvalue weighted by Crippen LogP contribution is 2.09. The summed E-state index contributed by atoms with van der Waals surface area (Å²) < 4.78 is 0. The number of nitrogens with zero attached hydrogens (tertiary/aromatic N) is 1. The lowest BCUT2D eigenvalue weighted by molar-refractivity contribution is -0.135. The van der Waals surface area contributed by atoms with Crippen molar-refractivity contribution >= 4 is 17.7 Å². The first kappa shape index (κ1) is 20.7. The highest BCUT2D eigenvalue weighted by Gasteiger charge is 2.20. The van der Waals surface area contributed by atoms with Crippen LogP contribution in [0, 0.1) is 13.8 Å². The molecular formula is C19H29N3O3. The number of carbonyl (C=O) groups excluding carboxylic acids is 3. The molecular weight excluding hydrogens is 318 g/mol. The average molecular weight is 347 g/mol. The normalized spacial score (nSPS) is 11.0. The minimum absolute atomic E-state index is 0.0217. The molecule has 0 radical (unpaired) electrons. The Morgan fingerprint density at radius 1 is 1.08 bits per heavy atom. The van der Waals surface area contributed by atoms with Gasteiger partial charge in [0.25, 0.3) is 5.91 Å². The molecule has 0 aromatic heterocycles. The van der Waals surface area contributed by atoms with Gasteiger partial charge in [0.2, 0.25) is 11.8 Å². The van der Waals surface area contributed by atoms with Crippen LogP contribution in [0.2, 0.25) is 0 Å². The summed E-state index contributed by atoms with van der Waals surface area (Å²) in [6.45, 7) is 11.6. The molecule has 25 heavy (non-hydrogen) atoms. The van der Waals surface area contributed by atoms with Gasteiger partial charge in [-0.05, 0) is 64.8 Å².